The molecule has 0 radical (unpaired) electrons. The highest BCUT2D eigenvalue weighted by Gasteiger charge is 2.10. The zero-order valence-electron chi connectivity index (χ0n) is 14.1. The van der Waals surface area contributed by atoms with Gasteiger partial charge in [-0.2, -0.15) is 4.98 Å². The van der Waals surface area contributed by atoms with E-state index in [1.54, 1.807) is 0 Å². The summed E-state index contributed by atoms with van der Waals surface area (Å²) >= 11 is 0. The quantitative estimate of drug-likeness (QED) is 0.781. The van der Waals surface area contributed by atoms with Crippen molar-refractivity contribution in [3.8, 4) is 0 Å². The van der Waals surface area contributed by atoms with Gasteiger partial charge in [0, 0.05) is 38.9 Å². The molecule has 0 aliphatic carbocycles. The minimum Gasteiger partial charge on any atom is -0.355 e. The number of hydrogen-bond donors (Lipinski definition) is 0. The molecule has 1 heterocycles. The lowest BCUT2D eigenvalue weighted by molar-refractivity contribution is 0.745. The molecular weight excluding hydrogens is 272 g/mol. The minimum atomic E-state index is 0.809. The average molecular weight is 298 g/mol. The maximum atomic E-state index is 4.72. The molecule has 2 aromatic rings. The van der Waals surface area contributed by atoms with Gasteiger partial charge in [0.25, 0.3) is 0 Å². The number of hydrogen-bond acceptors (Lipinski definition) is 4. The molecule has 0 saturated carbocycles. The van der Waals surface area contributed by atoms with Gasteiger partial charge in [0.1, 0.15) is 5.82 Å². The van der Waals surface area contributed by atoms with Crippen LogP contribution in [0.1, 0.15) is 31.0 Å². The molecule has 0 aliphatic rings. The molecule has 0 unspecified atom stereocenters. The highest BCUT2D eigenvalue weighted by atomic mass is 15.3. The van der Waals surface area contributed by atoms with Crippen LogP contribution in [0.2, 0.25) is 0 Å². The van der Waals surface area contributed by atoms with Crippen LogP contribution in [-0.2, 0) is 6.54 Å². The summed E-state index contributed by atoms with van der Waals surface area (Å²) in [5.41, 5.74) is 2.28. The number of anilines is 2. The van der Waals surface area contributed by atoms with E-state index < -0.39 is 0 Å². The van der Waals surface area contributed by atoms with E-state index in [1.165, 1.54) is 12.0 Å². The Morgan fingerprint density at radius 2 is 1.73 bits per heavy atom. The summed E-state index contributed by atoms with van der Waals surface area (Å²) in [5.74, 6) is 1.78. The van der Waals surface area contributed by atoms with Crippen LogP contribution >= 0.6 is 0 Å². The third kappa shape index (κ3) is 4.45. The van der Waals surface area contributed by atoms with Crippen LogP contribution < -0.4 is 9.80 Å². The third-order valence-corrected chi connectivity index (χ3v) is 3.67. The first kappa shape index (κ1) is 16.3. The van der Waals surface area contributed by atoms with Gasteiger partial charge in [-0.25, -0.2) is 4.98 Å². The second kappa shape index (κ2) is 7.78. The normalized spacial score (nSPS) is 10.5. The molecule has 2 rings (SSSR count). The second-order valence-corrected chi connectivity index (χ2v) is 5.78. The third-order valence-electron chi connectivity index (χ3n) is 3.67. The standard InChI is InChI=1S/C18H26N4/c1-5-6-12-21(3)18-19-15(2)13-17(20-18)22(4)14-16-10-8-7-9-11-16/h7-11,13H,5-6,12,14H2,1-4H3. The maximum Gasteiger partial charge on any atom is 0.227 e. The molecule has 0 fully saturated rings. The Hall–Kier alpha value is -2.10. The van der Waals surface area contributed by atoms with Gasteiger partial charge in [-0.1, -0.05) is 43.7 Å². The van der Waals surface area contributed by atoms with Crippen molar-refractivity contribution >= 4 is 11.8 Å². The van der Waals surface area contributed by atoms with Crippen molar-refractivity contribution in [3.05, 3.63) is 47.7 Å². The van der Waals surface area contributed by atoms with Gasteiger partial charge in [-0.15, -0.1) is 0 Å². The van der Waals surface area contributed by atoms with Gasteiger partial charge in [-0.05, 0) is 18.9 Å². The number of unbranched alkanes of at least 4 members (excludes halogenated alkanes) is 1. The Kier molecular flexibility index (Phi) is 5.75. The summed E-state index contributed by atoms with van der Waals surface area (Å²) < 4.78 is 0. The van der Waals surface area contributed by atoms with E-state index in [0.29, 0.717) is 0 Å². The van der Waals surface area contributed by atoms with Crippen molar-refractivity contribution in [2.24, 2.45) is 0 Å². The predicted octanol–water partition coefficient (Wildman–Crippen LogP) is 3.66. The van der Waals surface area contributed by atoms with Gasteiger partial charge in [0.15, 0.2) is 0 Å². The monoisotopic (exact) mass is 298 g/mol. The Bertz CT molecular complexity index is 583. The number of aryl methyl sites for hydroxylation is 1. The molecular formula is C18H26N4. The highest BCUT2D eigenvalue weighted by molar-refractivity contribution is 5.45. The molecule has 4 heteroatoms. The molecule has 0 spiro atoms. The smallest absolute Gasteiger partial charge is 0.227 e. The molecule has 0 N–H and O–H groups in total. The molecule has 0 amide bonds. The number of benzene rings is 1. The summed E-state index contributed by atoms with van der Waals surface area (Å²) in [6, 6.07) is 12.5. The van der Waals surface area contributed by atoms with E-state index >= 15 is 0 Å². The zero-order chi connectivity index (χ0) is 15.9. The predicted molar refractivity (Wildman–Crippen MR) is 93.5 cm³/mol. The lowest BCUT2D eigenvalue weighted by atomic mass is 10.2. The largest absolute Gasteiger partial charge is 0.355 e. The molecule has 0 atom stereocenters. The molecule has 1 aromatic heterocycles. The Labute approximate surface area is 133 Å². The van der Waals surface area contributed by atoms with Gasteiger partial charge in [0.2, 0.25) is 5.95 Å². The first-order valence-electron chi connectivity index (χ1n) is 7.92. The molecule has 22 heavy (non-hydrogen) atoms. The zero-order valence-corrected chi connectivity index (χ0v) is 14.1. The van der Waals surface area contributed by atoms with Crippen LogP contribution in [-0.4, -0.2) is 30.6 Å². The van der Waals surface area contributed by atoms with Crippen LogP contribution in [0.5, 0.6) is 0 Å². The fraction of sp³-hybridized carbons (Fsp3) is 0.444. The van der Waals surface area contributed by atoms with Gasteiger partial charge < -0.3 is 9.80 Å². The van der Waals surface area contributed by atoms with E-state index in [0.717, 1.165) is 37.0 Å². The molecule has 0 saturated heterocycles. The summed E-state index contributed by atoms with van der Waals surface area (Å²) in [6.45, 7) is 6.06. The first-order valence-corrected chi connectivity index (χ1v) is 7.92. The van der Waals surface area contributed by atoms with Gasteiger partial charge in [-0.3, -0.25) is 0 Å². The molecule has 4 nitrogen and oxygen atoms in total. The lowest BCUT2D eigenvalue weighted by Gasteiger charge is -2.22. The van der Waals surface area contributed by atoms with Crippen LogP contribution in [0, 0.1) is 6.92 Å². The number of rotatable bonds is 7. The van der Waals surface area contributed by atoms with Crippen molar-refractivity contribution in [2.75, 3.05) is 30.4 Å². The second-order valence-electron chi connectivity index (χ2n) is 5.78. The minimum absolute atomic E-state index is 0.809. The van der Waals surface area contributed by atoms with Crippen molar-refractivity contribution in [1.82, 2.24) is 9.97 Å². The Morgan fingerprint density at radius 3 is 2.41 bits per heavy atom. The van der Waals surface area contributed by atoms with E-state index in [4.69, 9.17) is 4.98 Å². The van der Waals surface area contributed by atoms with E-state index in [-0.39, 0.29) is 0 Å². The summed E-state index contributed by atoms with van der Waals surface area (Å²) in [7, 11) is 4.13. The number of nitrogens with zero attached hydrogens (tertiary/aromatic N) is 4. The van der Waals surface area contributed by atoms with Crippen LogP contribution in [0.3, 0.4) is 0 Å². The molecule has 0 aliphatic heterocycles. The summed E-state index contributed by atoms with van der Waals surface area (Å²) in [5, 5.41) is 0. The lowest BCUT2D eigenvalue weighted by Crippen LogP contribution is -2.24. The fourth-order valence-electron chi connectivity index (χ4n) is 2.34. The van der Waals surface area contributed by atoms with Crippen molar-refractivity contribution in [1.29, 1.82) is 0 Å². The summed E-state index contributed by atoms with van der Waals surface area (Å²) in [6.07, 6.45) is 2.33. The van der Waals surface area contributed by atoms with Crippen molar-refractivity contribution < 1.29 is 0 Å². The molecule has 0 bridgehead atoms. The fourth-order valence-corrected chi connectivity index (χ4v) is 2.34. The van der Waals surface area contributed by atoms with Crippen LogP contribution in [0.25, 0.3) is 0 Å². The maximum absolute atomic E-state index is 4.72. The van der Waals surface area contributed by atoms with Crippen LogP contribution in [0.4, 0.5) is 11.8 Å². The SMILES string of the molecule is CCCCN(C)c1nc(C)cc(N(C)Cc2ccccc2)n1. The van der Waals surface area contributed by atoms with Crippen molar-refractivity contribution in [3.63, 3.8) is 0 Å². The molecule has 1 aromatic carbocycles. The topological polar surface area (TPSA) is 32.3 Å². The van der Waals surface area contributed by atoms with Crippen molar-refractivity contribution in [2.45, 2.75) is 33.2 Å². The summed E-state index contributed by atoms with van der Waals surface area (Å²) in [4.78, 5) is 13.6. The highest BCUT2D eigenvalue weighted by Crippen LogP contribution is 2.18. The van der Waals surface area contributed by atoms with Gasteiger partial charge in [0.05, 0.1) is 0 Å². The Balaban J connectivity index is 2.14. The van der Waals surface area contributed by atoms with E-state index in [1.807, 2.05) is 19.1 Å². The van der Waals surface area contributed by atoms with Crippen LogP contribution in [0.15, 0.2) is 36.4 Å². The van der Waals surface area contributed by atoms with E-state index in [2.05, 4.69) is 60.1 Å². The van der Waals surface area contributed by atoms with Gasteiger partial charge >= 0.3 is 0 Å². The first-order chi connectivity index (χ1) is 10.6. The number of aromatic nitrogens is 2. The van der Waals surface area contributed by atoms with E-state index in [9.17, 15) is 0 Å². The Morgan fingerprint density at radius 1 is 1.00 bits per heavy atom. The average Bonchev–Trinajstić information content (AvgIpc) is 2.53. The molecule has 118 valence electrons.